The Kier molecular flexibility index (Phi) is 6.63. The molecule has 1 amide bonds. The maximum absolute atomic E-state index is 11.6. The van der Waals surface area contributed by atoms with Gasteiger partial charge in [-0.2, -0.15) is 12.1 Å². The maximum Gasteiger partial charge on any atom is 0.226 e. The van der Waals surface area contributed by atoms with Crippen LogP contribution < -0.4 is 0 Å². The van der Waals surface area contributed by atoms with Gasteiger partial charge in [-0.05, 0) is 14.0 Å². The molecule has 6 heteroatoms. The monoisotopic (exact) mass is 337 g/mol. The van der Waals surface area contributed by atoms with E-state index in [0.717, 1.165) is 11.3 Å². The van der Waals surface area contributed by atoms with Gasteiger partial charge in [0.05, 0.1) is 12.6 Å². The van der Waals surface area contributed by atoms with Crippen molar-refractivity contribution in [3.05, 3.63) is 34.6 Å². The molecule has 0 aliphatic carbocycles. The zero-order valence-electron chi connectivity index (χ0n) is 11.0. The molecule has 1 aliphatic heterocycles. The summed E-state index contributed by atoms with van der Waals surface area (Å²) in [5, 5.41) is 3.01. The molecule has 1 saturated heterocycles. The van der Waals surface area contributed by atoms with Crippen molar-refractivity contribution in [2.75, 3.05) is 6.61 Å². The van der Waals surface area contributed by atoms with Crippen molar-refractivity contribution < 1.29 is 42.2 Å². The average Bonchev–Trinajstić information content (AvgIpc) is 2.98. The van der Waals surface area contributed by atoms with Gasteiger partial charge in [-0.15, -0.1) is 16.2 Å². The van der Waals surface area contributed by atoms with Crippen LogP contribution in [0.25, 0.3) is 0 Å². The molecule has 1 atom stereocenters. The molecular formula is C12H14BNO2SY-. The first-order valence-electron chi connectivity index (χ1n) is 6.11. The van der Waals surface area contributed by atoms with Gasteiger partial charge in [-0.1, -0.05) is 0 Å². The second-order valence-corrected chi connectivity index (χ2v) is 4.83. The summed E-state index contributed by atoms with van der Waals surface area (Å²) >= 11 is 1.55. The number of thiophene rings is 1. The minimum Gasteiger partial charge on any atom is -0.387 e. The molecule has 92 valence electrons. The van der Waals surface area contributed by atoms with E-state index in [1.807, 2.05) is 12.1 Å². The number of ether oxygens (including phenoxy) is 1. The van der Waals surface area contributed by atoms with E-state index in [1.54, 1.807) is 28.4 Å². The standard InChI is InChI=1S/C12H14BNO2S.Y/c13-5-6-14-10(3-4-12(14)15)8-16-9-11-2-1-7-17-11;/h1-2,5-6,10,13H,3-4,8-9H2;/q-1;/i13D;. The molecule has 0 aromatic carbocycles. The van der Waals surface area contributed by atoms with E-state index in [4.69, 9.17) is 6.07 Å². The molecule has 1 aromatic rings. The van der Waals surface area contributed by atoms with Crippen molar-refractivity contribution >= 4 is 25.1 Å². The minimum atomic E-state index is 0. The summed E-state index contributed by atoms with van der Waals surface area (Å²) in [4.78, 5) is 14.4. The van der Waals surface area contributed by atoms with E-state index >= 15 is 0 Å². The average molecular weight is 337 g/mol. The van der Waals surface area contributed by atoms with Crippen molar-refractivity contribution in [1.29, 1.82) is 1.34 Å². The zero-order valence-corrected chi connectivity index (χ0v) is 13.7. The molecule has 3 nitrogen and oxygen atoms in total. The SMILES string of the molecule is [2H][B]C=CN1C(=O)CCC1COCc1cc[c-]s1.[Y]. The minimum absolute atomic E-state index is 0. The van der Waals surface area contributed by atoms with Gasteiger partial charge in [-0.3, -0.25) is 16.1 Å². The van der Waals surface area contributed by atoms with Gasteiger partial charge in [0.25, 0.3) is 0 Å². The molecule has 1 aliphatic rings. The second kappa shape index (κ2) is 8.26. The molecule has 1 aromatic heterocycles. The van der Waals surface area contributed by atoms with Crippen LogP contribution >= 0.6 is 11.3 Å². The van der Waals surface area contributed by atoms with E-state index in [1.165, 1.54) is 7.81 Å². The summed E-state index contributed by atoms with van der Waals surface area (Å²) in [7, 11) is 1.17. The number of nitrogens with zero attached hydrogens (tertiary/aromatic N) is 1. The summed E-state index contributed by atoms with van der Waals surface area (Å²) in [6.07, 6.45) is 3.04. The van der Waals surface area contributed by atoms with Crippen LogP contribution in [0.15, 0.2) is 24.3 Å². The van der Waals surface area contributed by atoms with Gasteiger partial charge < -0.3 is 9.64 Å². The number of rotatable bonds is 6. The Bertz CT molecular complexity index is 416. The third-order valence-electron chi connectivity index (χ3n) is 2.70. The van der Waals surface area contributed by atoms with E-state index < -0.39 is 0 Å². The summed E-state index contributed by atoms with van der Waals surface area (Å²) in [6.45, 7) is 1.10. The number of amides is 1. The van der Waals surface area contributed by atoms with E-state index in [-0.39, 0.29) is 44.7 Å². The third-order valence-corrected chi connectivity index (χ3v) is 3.47. The Labute approximate surface area is 139 Å². The number of carbonyl (C=O) groups is 1. The first-order chi connectivity index (χ1) is 8.81. The van der Waals surface area contributed by atoms with E-state index in [9.17, 15) is 4.79 Å². The van der Waals surface area contributed by atoms with Crippen molar-refractivity contribution in [3.8, 4) is 0 Å². The second-order valence-electron chi connectivity index (χ2n) is 3.87. The van der Waals surface area contributed by atoms with Gasteiger partial charge in [-0.25, -0.2) is 0 Å². The Morgan fingerprint density at radius 2 is 2.67 bits per heavy atom. The van der Waals surface area contributed by atoms with Gasteiger partial charge in [0.2, 0.25) is 5.91 Å². The van der Waals surface area contributed by atoms with Crippen LogP contribution in [0.3, 0.4) is 0 Å². The topological polar surface area (TPSA) is 29.5 Å². The first kappa shape index (κ1) is 14.4. The molecular weight excluding hydrogens is 322 g/mol. The molecule has 2 radical (unpaired) electrons. The van der Waals surface area contributed by atoms with Crippen molar-refractivity contribution in [1.82, 2.24) is 4.90 Å². The molecule has 0 N–H and O–H groups in total. The van der Waals surface area contributed by atoms with Gasteiger partial charge in [0.1, 0.15) is 7.81 Å². The predicted molar refractivity (Wildman–Crippen MR) is 69.0 cm³/mol. The number of hydrogen-bond acceptors (Lipinski definition) is 3. The van der Waals surface area contributed by atoms with Gasteiger partial charge >= 0.3 is 0 Å². The zero-order chi connectivity index (χ0) is 12.8. The smallest absolute Gasteiger partial charge is 0.226 e. The van der Waals surface area contributed by atoms with Gasteiger partial charge in [0.15, 0.2) is 0 Å². The quantitative estimate of drug-likeness (QED) is 0.581. The third kappa shape index (κ3) is 4.30. The molecule has 1 unspecified atom stereocenters. The van der Waals surface area contributed by atoms with Crippen LogP contribution in [0.4, 0.5) is 0 Å². The predicted octanol–water partition coefficient (Wildman–Crippen LogP) is 1.43. The normalized spacial score (nSPS) is 20.0. The Morgan fingerprint density at radius 1 is 1.78 bits per heavy atom. The van der Waals surface area contributed by atoms with Crippen LogP contribution in [0.5, 0.6) is 0 Å². The van der Waals surface area contributed by atoms with Gasteiger partial charge in [0, 0.05) is 45.7 Å². The van der Waals surface area contributed by atoms with Crippen LogP contribution in [0, 0.1) is 5.38 Å². The fraction of sp³-hybridized carbons (Fsp3) is 0.417. The Hall–Kier alpha value is 0.0388. The number of hydrogen-bond donors (Lipinski definition) is 0. The van der Waals surface area contributed by atoms with Crippen molar-refractivity contribution in [2.24, 2.45) is 0 Å². The summed E-state index contributed by atoms with van der Waals surface area (Å²) in [5.74, 6) is 1.66. The summed E-state index contributed by atoms with van der Waals surface area (Å²) in [5.41, 5.74) is 0. The molecule has 2 rings (SSSR count). The molecule has 1 fully saturated rings. The van der Waals surface area contributed by atoms with Crippen LogP contribution in [-0.4, -0.2) is 32.6 Å². The van der Waals surface area contributed by atoms with E-state index in [2.05, 4.69) is 5.38 Å². The largest absolute Gasteiger partial charge is 0.387 e. The Balaban J connectivity index is 0.00000180. The first-order valence-corrected chi connectivity index (χ1v) is 6.35. The van der Waals surface area contributed by atoms with Crippen LogP contribution in [-0.2, 0) is 48.8 Å². The summed E-state index contributed by atoms with van der Waals surface area (Å²) < 4.78 is 12.6. The molecule has 0 spiro atoms. The van der Waals surface area contributed by atoms with Crippen molar-refractivity contribution in [2.45, 2.75) is 25.5 Å². The molecule has 2 heterocycles. The maximum atomic E-state index is 11.6. The van der Waals surface area contributed by atoms with Crippen molar-refractivity contribution in [3.63, 3.8) is 0 Å². The number of likely N-dealkylation sites (tertiary alicyclic amines) is 1. The number of carbonyl (C=O) groups excluding carboxylic acids is 1. The Morgan fingerprint density at radius 3 is 3.39 bits per heavy atom. The van der Waals surface area contributed by atoms with E-state index in [0.29, 0.717) is 19.6 Å². The molecule has 0 bridgehead atoms. The fourth-order valence-corrected chi connectivity index (χ4v) is 2.43. The molecule has 0 saturated carbocycles. The molecule has 18 heavy (non-hydrogen) atoms. The van der Waals surface area contributed by atoms with Crippen LogP contribution in [0.1, 0.15) is 17.7 Å². The summed E-state index contributed by atoms with van der Waals surface area (Å²) in [6, 6.07) is 3.95. The van der Waals surface area contributed by atoms with Crippen LogP contribution in [0.2, 0.25) is 0 Å². The fourth-order valence-electron chi connectivity index (χ4n) is 1.87.